The molecule has 20 heavy (non-hydrogen) atoms. The Kier molecular flexibility index (Phi) is 4.10. The molecule has 0 saturated carbocycles. The second-order valence-electron chi connectivity index (χ2n) is 4.23. The maximum Gasteiger partial charge on any atom is 0.185 e. The van der Waals surface area contributed by atoms with Gasteiger partial charge in [-0.25, -0.2) is 17.2 Å². The molecule has 0 radical (unpaired) electrons. The number of hydrogen-bond donors (Lipinski definition) is 1. The largest absolute Gasteiger partial charge is 0.399 e. The van der Waals surface area contributed by atoms with Gasteiger partial charge in [-0.3, -0.25) is 0 Å². The highest BCUT2D eigenvalue weighted by molar-refractivity contribution is 9.10. The van der Waals surface area contributed by atoms with Crippen molar-refractivity contribution >= 4 is 31.5 Å². The molecule has 0 aromatic heterocycles. The molecule has 2 rings (SSSR count). The molecule has 3 nitrogen and oxygen atoms in total. The number of benzene rings is 2. The molecule has 0 unspecified atom stereocenters. The molecule has 0 aliphatic rings. The lowest BCUT2D eigenvalue weighted by Crippen LogP contribution is -2.08. The normalized spacial score (nSPS) is 11.6. The van der Waals surface area contributed by atoms with Crippen LogP contribution in [-0.4, -0.2) is 8.42 Å². The van der Waals surface area contributed by atoms with E-state index < -0.39 is 32.1 Å². The van der Waals surface area contributed by atoms with Gasteiger partial charge in [0, 0.05) is 10.2 Å². The maximum atomic E-state index is 13.5. The van der Waals surface area contributed by atoms with Gasteiger partial charge in [0.05, 0.1) is 5.75 Å². The molecule has 0 heterocycles. The maximum absolute atomic E-state index is 13.5. The number of hydrogen-bond acceptors (Lipinski definition) is 3. The fourth-order valence-electron chi connectivity index (χ4n) is 1.77. The molecule has 0 aliphatic carbocycles. The lowest BCUT2D eigenvalue weighted by molar-refractivity contribution is 0.553. The van der Waals surface area contributed by atoms with Crippen LogP contribution in [0.4, 0.5) is 14.5 Å². The molecule has 2 aromatic carbocycles. The summed E-state index contributed by atoms with van der Waals surface area (Å²) in [6, 6.07) is 6.97. The van der Waals surface area contributed by atoms with E-state index in [0.29, 0.717) is 21.8 Å². The van der Waals surface area contributed by atoms with Crippen LogP contribution in [0.15, 0.2) is 45.8 Å². The van der Waals surface area contributed by atoms with Crippen molar-refractivity contribution in [2.45, 2.75) is 10.6 Å². The van der Waals surface area contributed by atoms with Crippen LogP contribution in [0.2, 0.25) is 0 Å². The number of nitrogens with two attached hydrogens (primary N) is 1. The number of sulfone groups is 1. The molecular formula is C13H10BrF2NO2S. The Balaban J connectivity index is 2.43. The third kappa shape index (κ3) is 3.34. The van der Waals surface area contributed by atoms with Crippen LogP contribution in [-0.2, 0) is 15.6 Å². The van der Waals surface area contributed by atoms with E-state index in [1.807, 2.05) is 0 Å². The van der Waals surface area contributed by atoms with E-state index in [0.717, 1.165) is 12.1 Å². The molecule has 2 N–H and O–H groups in total. The predicted octanol–water partition coefficient (Wildman–Crippen LogP) is 3.28. The minimum atomic E-state index is -3.99. The molecule has 2 aromatic rings. The summed E-state index contributed by atoms with van der Waals surface area (Å²) >= 11 is 3.19. The molecule has 106 valence electrons. The average Bonchev–Trinajstić information content (AvgIpc) is 2.30. The van der Waals surface area contributed by atoms with Crippen LogP contribution in [0.25, 0.3) is 0 Å². The van der Waals surface area contributed by atoms with Gasteiger partial charge in [0.15, 0.2) is 9.84 Å². The summed E-state index contributed by atoms with van der Waals surface area (Å²) in [4.78, 5) is -0.656. The number of halogens is 3. The van der Waals surface area contributed by atoms with Crippen LogP contribution < -0.4 is 5.73 Å². The highest BCUT2D eigenvalue weighted by Gasteiger charge is 2.21. The first kappa shape index (κ1) is 14.9. The van der Waals surface area contributed by atoms with Gasteiger partial charge < -0.3 is 5.73 Å². The molecule has 0 bridgehead atoms. The van der Waals surface area contributed by atoms with E-state index in [4.69, 9.17) is 5.73 Å². The summed E-state index contributed by atoms with van der Waals surface area (Å²) < 4.78 is 51.5. The van der Waals surface area contributed by atoms with Gasteiger partial charge in [0.2, 0.25) is 0 Å². The fourth-order valence-corrected chi connectivity index (χ4v) is 3.75. The molecular weight excluding hydrogens is 352 g/mol. The minimum Gasteiger partial charge on any atom is -0.399 e. The second kappa shape index (κ2) is 5.49. The SMILES string of the molecule is Nc1cc(Br)cc(CS(=O)(=O)c2cc(F)ccc2F)c1. The Morgan fingerprint density at radius 3 is 2.45 bits per heavy atom. The minimum absolute atomic E-state index is 0.379. The van der Waals surface area contributed by atoms with Gasteiger partial charge >= 0.3 is 0 Å². The number of anilines is 1. The zero-order valence-electron chi connectivity index (χ0n) is 10.1. The van der Waals surface area contributed by atoms with Crippen LogP contribution >= 0.6 is 15.9 Å². The summed E-state index contributed by atoms with van der Waals surface area (Å²) in [5.74, 6) is -2.25. The smallest absolute Gasteiger partial charge is 0.185 e. The molecule has 0 amide bonds. The van der Waals surface area contributed by atoms with Crippen molar-refractivity contribution in [3.63, 3.8) is 0 Å². The van der Waals surface area contributed by atoms with Crippen molar-refractivity contribution in [2.75, 3.05) is 5.73 Å². The van der Waals surface area contributed by atoms with Gasteiger partial charge in [-0.1, -0.05) is 15.9 Å². The second-order valence-corrected chi connectivity index (χ2v) is 7.10. The van der Waals surface area contributed by atoms with E-state index in [2.05, 4.69) is 15.9 Å². The third-order valence-electron chi connectivity index (χ3n) is 2.56. The molecule has 7 heteroatoms. The van der Waals surface area contributed by atoms with Crippen LogP contribution in [0.1, 0.15) is 5.56 Å². The van der Waals surface area contributed by atoms with Gasteiger partial charge in [0.1, 0.15) is 16.5 Å². The Labute approximate surface area is 123 Å². The van der Waals surface area contributed by atoms with Crippen molar-refractivity contribution in [3.05, 3.63) is 58.1 Å². The van der Waals surface area contributed by atoms with Gasteiger partial charge in [-0.05, 0) is 42.0 Å². The van der Waals surface area contributed by atoms with Crippen molar-refractivity contribution < 1.29 is 17.2 Å². The fraction of sp³-hybridized carbons (Fsp3) is 0.0769. The highest BCUT2D eigenvalue weighted by Crippen LogP contribution is 2.24. The predicted molar refractivity (Wildman–Crippen MR) is 75.8 cm³/mol. The van der Waals surface area contributed by atoms with Crippen LogP contribution in [0.5, 0.6) is 0 Å². The van der Waals surface area contributed by atoms with Crippen LogP contribution in [0.3, 0.4) is 0 Å². The monoisotopic (exact) mass is 361 g/mol. The van der Waals surface area contributed by atoms with Gasteiger partial charge in [0.25, 0.3) is 0 Å². The first-order valence-electron chi connectivity index (χ1n) is 5.51. The van der Waals surface area contributed by atoms with Gasteiger partial charge in [-0.15, -0.1) is 0 Å². The summed E-state index contributed by atoms with van der Waals surface area (Å²) in [7, 11) is -3.99. The molecule has 0 atom stereocenters. The van der Waals surface area contributed by atoms with E-state index in [1.54, 1.807) is 12.1 Å². The standard InChI is InChI=1S/C13H10BrF2NO2S/c14-9-3-8(4-11(17)5-9)7-20(18,19)13-6-10(15)1-2-12(13)16/h1-6H,7,17H2. The Morgan fingerprint density at radius 1 is 1.10 bits per heavy atom. The molecule has 0 saturated heterocycles. The van der Waals surface area contributed by atoms with Gasteiger partial charge in [-0.2, -0.15) is 0 Å². The van der Waals surface area contributed by atoms with Crippen molar-refractivity contribution in [3.8, 4) is 0 Å². The zero-order chi connectivity index (χ0) is 14.9. The summed E-state index contributed by atoms with van der Waals surface area (Å²) in [6.45, 7) is 0. The Hall–Kier alpha value is -1.47. The number of rotatable bonds is 3. The third-order valence-corrected chi connectivity index (χ3v) is 4.72. The lowest BCUT2D eigenvalue weighted by Gasteiger charge is -2.07. The van der Waals surface area contributed by atoms with E-state index >= 15 is 0 Å². The quantitative estimate of drug-likeness (QED) is 0.853. The molecule has 0 fully saturated rings. The summed E-state index contributed by atoms with van der Waals surface area (Å²) in [6.07, 6.45) is 0. The lowest BCUT2D eigenvalue weighted by atomic mass is 10.2. The van der Waals surface area contributed by atoms with E-state index in [9.17, 15) is 17.2 Å². The first-order chi connectivity index (χ1) is 9.28. The van der Waals surface area contributed by atoms with Crippen molar-refractivity contribution in [1.29, 1.82) is 0 Å². The van der Waals surface area contributed by atoms with Crippen molar-refractivity contribution in [2.24, 2.45) is 0 Å². The van der Waals surface area contributed by atoms with Crippen LogP contribution in [0, 0.1) is 11.6 Å². The first-order valence-corrected chi connectivity index (χ1v) is 7.95. The summed E-state index contributed by atoms with van der Waals surface area (Å²) in [5, 5.41) is 0. The highest BCUT2D eigenvalue weighted by atomic mass is 79.9. The Bertz CT molecular complexity index is 743. The average molecular weight is 362 g/mol. The van der Waals surface area contributed by atoms with E-state index in [-0.39, 0.29) is 0 Å². The topological polar surface area (TPSA) is 60.2 Å². The Morgan fingerprint density at radius 2 is 1.80 bits per heavy atom. The summed E-state index contributed by atoms with van der Waals surface area (Å²) in [5.41, 5.74) is 6.38. The van der Waals surface area contributed by atoms with Crippen molar-refractivity contribution in [1.82, 2.24) is 0 Å². The van der Waals surface area contributed by atoms with E-state index in [1.165, 1.54) is 6.07 Å². The molecule has 0 spiro atoms. The molecule has 0 aliphatic heterocycles. The zero-order valence-corrected chi connectivity index (χ0v) is 12.5. The number of nitrogen functional groups attached to an aromatic ring is 1.